The van der Waals surface area contributed by atoms with Gasteiger partial charge in [0.1, 0.15) is 0 Å². The Hall–Kier alpha value is -1.36. The molecule has 104 valence electrons. The molecule has 0 spiro atoms. The first-order valence-electron chi connectivity index (χ1n) is 6.02. The highest BCUT2D eigenvalue weighted by atomic mass is 79.9. The molecule has 4 nitrogen and oxygen atoms in total. The molecule has 0 atom stereocenters. The molecule has 0 saturated carbocycles. The Bertz CT molecular complexity index is 481. The van der Waals surface area contributed by atoms with Gasteiger partial charge in [-0.1, -0.05) is 12.1 Å². The van der Waals surface area contributed by atoms with E-state index in [0.717, 1.165) is 4.47 Å². The first-order valence-corrected chi connectivity index (χ1v) is 6.81. The van der Waals surface area contributed by atoms with Gasteiger partial charge in [-0.05, 0) is 48.8 Å². The van der Waals surface area contributed by atoms with Crippen LogP contribution < -0.4 is 5.32 Å². The second-order valence-corrected chi connectivity index (χ2v) is 6.29. The van der Waals surface area contributed by atoms with Crippen molar-refractivity contribution in [3.63, 3.8) is 0 Å². The summed E-state index contributed by atoms with van der Waals surface area (Å²) in [5, 5.41) is 2.83. The molecule has 0 aliphatic rings. The predicted octanol–water partition coefficient (Wildman–Crippen LogP) is 2.44. The molecule has 5 heteroatoms. The lowest BCUT2D eigenvalue weighted by atomic mass is 10.1. The Morgan fingerprint density at radius 1 is 1.26 bits per heavy atom. The molecule has 19 heavy (non-hydrogen) atoms. The molecule has 1 aromatic carbocycles. The van der Waals surface area contributed by atoms with Crippen molar-refractivity contribution >= 4 is 27.7 Å². The fourth-order valence-corrected chi connectivity index (χ4v) is 2.04. The summed E-state index contributed by atoms with van der Waals surface area (Å²) in [7, 11) is 1.62. The minimum absolute atomic E-state index is 0.0391. The van der Waals surface area contributed by atoms with E-state index in [9.17, 15) is 9.59 Å². The SMILES string of the molecule is CN(CC(=O)NC(C)(C)C)C(=O)c1ccccc1Br. The summed E-state index contributed by atoms with van der Waals surface area (Å²) >= 11 is 3.33. The average molecular weight is 327 g/mol. The third-order valence-corrected chi connectivity index (χ3v) is 3.04. The van der Waals surface area contributed by atoms with Crippen LogP contribution in [0.1, 0.15) is 31.1 Å². The lowest BCUT2D eigenvalue weighted by Crippen LogP contribution is -2.46. The van der Waals surface area contributed by atoms with Crippen molar-refractivity contribution in [1.82, 2.24) is 10.2 Å². The third kappa shape index (κ3) is 5.03. The van der Waals surface area contributed by atoms with Gasteiger partial charge in [0.25, 0.3) is 5.91 Å². The smallest absolute Gasteiger partial charge is 0.255 e. The van der Waals surface area contributed by atoms with Crippen LogP contribution in [0, 0.1) is 0 Å². The van der Waals surface area contributed by atoms with Crippen molar-refractivity contribution in [1.29, 1.82) is 0 Å². The molecule has 0 fully saturated rings. The highest BCUT2D eigenvalue weighted by molar-refractivity contribution is 9.10. The number of rotatable bonds is 3. The highest BCUT2D eigenvalue weighted by Crippen LogP contribution is 2.17. The van der Waals surface area contributed by atoms with Gasteiger partial charge in [-0.2, -0.15) is 0 Å². The van der Waals surface area contributed by atoms with E-state index in [0.29, 0.717) is 5.56 Å². The largest absolute Gasteiger partial charge is 0.350 e. The molecule has 0 aliphatic heterocycles. The van der Waals surface area contributed by atoms with Crippen molar-refractivity contribution < 1.29 is 9.59 Å². The molecule has 0 aliphatic carbocycles. The quantitative estimate of drug-likeness (QED) is 0.927. The molecular formula is C14H19BrN2O2. The summed E-state index contributed by atoms with van der Waals surface area (Å²) in [6, 6.07) is 7.16. The monoisotopic (exact) mass is 326 g/mol. The van der Waals surface area contributed by atoms with Crippen LogP contribution in [0.5, 0.6) is 0 Å². The number of halogens is 1. The van der Waals surface area contributed by atoms with Crippen LogP contribution in [0.2, 0.25) is 0 Å². The van der Waals surface area contributed by atoms with E-state index in [1.807, 2.05) is 26.8 Å². The molecule has 1 N–H and O–H groups in total. The number of carbonyl (C=O) groups is 2. The number of nitrogens with one attached hydrogen (secondary N) is 1. The van der Waals surface area contributed by atoms with Crippen LogP contribution in [0.15, 0.2) is 28.7 Å². The van der Waals surface area contributed by atoms with Gasteiger partial charge in [0, 0.05) is 17.1 Å². The Morgan fingerprint density at radius 3 is 2.37 bits per heavy atom. The molecule has 0 bridgehead atoms. The summed E-state index contributed by atoms with van der Waals surface area (Å²) < 4.78 is 0.725. The van der Waals surface area contributed by atoms with Gasteiger partial charge in [0.15, 0.2) is 0 Å². The zero-order valence-electron chi connectivity index (χ0n) is 11.7. The fourth-order valence-electron chi connectivity index (χ4n) is 1.59. The number of hydrogen-bond donors (Lipinski definition) is 1. The van der Waals surface area contributed by atoms with Crippen LogP contribution >= 0.6 is 15.9 Å². The number of hydrogen-bond acceptors (Lipinski definition) is 2. The summed E-state index contributed by atoms with van der Waals surface area (Å²) in [5.41, 5.74) is 0.252. The van der Waals surface area contributed by atoms with Crippen LogP contribution in [-0.4, -0.2) is 35.8 Å². The lowest BCUT2D eigenvalue weighted by Gasteiger charge is -2.23. The summed E-state index contributed by atoms with van der Waals surface area (Å²) in [6.07, 6.45) is 0. The van der Waals surface area contributed by atoms with Crippen LogP contribution in [0.4, 0.5) is 0 Å². The molecule has 2 amide bonds. The van der Waals surface area contributed by atoms with Gasteiger partial charge < -0.3 is 10.2 Å². The van der Waals surface area contributed by atoms with Crippen molar-refractivity contribution in [3.05, 3.63) is 34.3 Å². The first kappa shape index (κ1) is 15.7. The number of carbonyl (C=O) groups excluding carboxylic acids is 2. The lowest BCUT2D eigenvalue weighted by molar-refractivity contribution is -0.122. The van der Waals surface area contributed by atoms with Gasteiger partial charge in [0.05, 0.1) is 12.1 Å². The number of benzene rings is 1. The van der Waals surface area contributed by atoms with Crippen molar-refractivity contribution in [2.24, 2.45) is 0 Å². The molecule has 1 rings (SSSR count). The van der Waals surface area contributed by atoms with Crippen LogP contribution in [0.3, 0.4) is 0 Å². The van der Waals surface area contributed by atoms with Gasteiger partial charge in [0.2, 0.25) is 5.91 Å². The molecule has 0 heterocycles. The zero-order valence-corrected chi connectivity index (χ0v) is 13.2. The Morgan fingerprint density at radius 2 is 1.84 bits per heavy atom. The van der Waals surface area contributed by atoms with Crippen molar-refractivity contribution in [3.8, 4) is 0 Å². The zero-order chi connectivity index (χ0) is 14.6. The van der Waals surface area contributed by atoms with Crippen molar-refractivity contribution in [2.45, 2.75) is 26.3 Å². The molecule has 0 unspecified atom stereocenters. The molecular weight excluding hydrogens is 308 g/mol. The fraction of sp³-hybridized carbons (Fsp3) is 0.429. The minimum Gasteiger partial charge on any atom is -0.350 e. The maximum Gasteiger partial charge on any atom is 0.255 e. The van der Waals surface area contributed by atoms with E-state index in [1.54, 1.807) is 25.2 Å². The van der Waals surface area contributed by atoms with Gasteiger partial charge in [-0.15, -0.1) is 0 Å². The molecule has 1 aromatic rings. The van der Waals surface area contributed by atoms with Crippen molar-refractivity contribution in [2.75, 3.05) is 13.6 Å². The third-order valence-electron chi connectivity index (χ3n) is 2.35. The topological polar surface area (TPSA) is 49.4 Å². The summed E-state index contributed by atoms with van der Waals surface area (Å²) in [4.78, 5) is 25.4. The first-order chi connectivity index (χ1) is 8.70. The van der Waals surface area contributed by atoms with Crippen LogP contribution in [-0.2, 0) is 4.79 Å². The van der Waals surface area contributed by atoms with E-state index in [1.165, 1.54) is 4.90 Å². The van der Waals surface area contributed by atoms with E-state index in [-0.39, 0.29) is 23.9 Å². The summed E-state index contributed by atoms with van der Waals surface area (Å²) in [5.74, 6) is -0.355. The average Bonchev–Trinajstić information content (AvgIpc) is 2.26. The summed E-state index contributed by atoms with van der Waals surface area (Å²) in [6.45, 7) is 5.75. The standard InChI is InChI=1S/C14H19BrN2O2/c1-14(2,3)16-12(18)9-17(4)13(19)10-7-5-6-8-11(10)15/h5-8H,9H2,1-4H3,(H,16,18). The normalized spacial score (nSPS) is 11.0. The second-order valence-electron chi connectivity index (χ2n) is 5.44. The molecule has 0 aromatic heterocycles. The number of amides is 2. The molecule has 0 saturated heterocycles. The van der Waals surface area contributed by atoms with Crippen LogP contribution in [0.25, 0.3) is 0 Å². The van der Waals surface area contributed by atoms with Gasteiger partial charge in [-0.3, -0.25) is 9.59 Å². The number of nitrogens with zero attached hydrogens (tertiary/aromatic N) is 1. The Kier molecular flexibility index (Phi) is 5.11. The maximum absolute atomic E-state index is 12.2. The maximum atomic E-state index is 12.2. The Labute approximate surface area is 122 Å². The minimum atomic E-state index is -0.297. The van der Waals surface area contributed by atoms with E-state index in [2.05, 4.69) is 21.2 Å². The number of likely N-dealkylation sites (N-methyl/N-ethyl adjacent to an activating group) is 1. The van der Waals surface area contributed by atoms with E-state index >= 15 is 0 Å². The predicted molar refractivity (Wildman–Crippen MR) is 79.0 cm³/mol. The molecule has 0 radical (unpaired) electrons. The Balaban J connectivity index is 2.69. The van der Waals surface area contributed by atoms with Gasteiger partial charge >= 0.3 is 0 Å². The highest BCUT2D eigenvalue weighted by Gasteiger charge is 2.19. The van der Waals surface area contributed by atoms with E-state index in [4.69, 9.17) is 0 Å². The van der Waals surface area contributed by atoms with Gasteiger partial charge in [-0.25, -0.2) is 0 Å². The second kappa shape index (κ2) is 6.19. The van der Waals surface area contributed by atoms with E-state index < -0.39 is 0 Å².